The summed E-state index contributed by atoms with van der Waals surface area (Å²) in [6.45, 7) is 0.555. The van der Waals surface area contributed by atoms with E-state index in [0.717, 1.165) is 21.8 Å². The Morgan fingerprint density at radius 1 is 0.957 bits per heavy atom. The van der Waals surface area contributed by atoms with Crippen molar-refractivity contribution in [3.05, 3.63) is 87.0 Å². The maximum atomic E-state index is 10.6. The second-order valence-electron chi connectivity index (χ2n) is 4.94. The van der Waals surface area contributed by atoms with Crippen molar-refractivity contribution in [1.29, 1.82) is 0 Å². The molecule has 0 aliphatic rings. The Morgan fingerprint density at radius 2 is 1.74 bits per heavy atom. The summed E-state index contributed by atoms with van der Waals surface area (Å²) in [5.41, 5.74) is 2.67. The first-order valence-corrected chi connectivity index (χ1v) is 8.09. The monoisotopic (exact) mass is 321 g/mol. The van der Waals surface area contributed by atoms with Gasteiger partial charge in [-0.15, -0.1) is 16.2 Å². The zero-order valence-corrected chi connectivity index (χ0v) is 13.2. The fraction of sp³-hybridized carbons (Fsp3) is 0.0526. The third kappa shape index (κ3) is 4.14. The molecule has 0 N–H and O–H groups in total. The molecule has 3 aromatic rings. The Labute approximate surface area is 138 Å². The number of benzene rings is 2. The Hall–Kier alpha value is -2.72. The number of thiophene rings is 1. The average molecular weight is 321 g/mol. The summed E-state index contributed by atoms with van der Waals surface area (Å²) in [6.07, 6.45) is 3.86. The van der Waals surface area contributed by atoms with Crippen LogP contribution < -0.4 is 4.74 Å². The molecule has 3 rings (SSSR count). The maximum absolute atomic E-state index is 10.6. The Kier molecular flexibility index (Phi) is 4.96. The van der Waals surface area contributed by atoms with Gasteiger partial charge >= 0.3 is 0 Å². The van der Waals surface area contributed by atoms with E-state index < -0.39 is 0 Å². The van der Waals surface area contributed by atoms with Crippen LogP contribution in [0.25, 0.3) is 12.2 Å². The van der Waals surface area contributed by atoms with Gasteiger partial charge in [-0.05, 0) is 46.0 Å². The van der Waals surface area contributed by atoms with Gasteiger partial charge < -0.3 is 4.74 Å². The molecule has 0 amide bonds. The van der Waals surface area contributed by atoms with E-state index in [9.17, 15) is 4.91 Å². The number of hydrogen-bond donors (Lipinski definition) is 0. The molecule has 114 valence electrons. The van der Waals surface area contributed by atoms with E-state index in [0.29, 0.717) is 12.3 Å². The van der Waals surface area contributed by atoms with Gasteiger partial charge in [0.15, 0.2) is 0 Å². The van der Waals surface area contributed by atoms with Crippen LogP contribution >= 0.6 is 11.3 Å². The normalized spacial score (nSPS) is 10.8. The first-order valence-electron chi connectivity index (χ1n) is 7.21. The molecule has 0 unspecified atom stereocenters. The molecule has 0 saturated heterocycles. The molecule has 0 aliphatic carbocycles. The van der Waals surface area contributed by atoms with Crippen LogP contribution in [-0.4, -0.2) is 0 Å². The molecular formula is C19H15NO2S. The van der Waals surface area contributed by atoms with Crippen molar-refractivity contribution in [3.63, 3.8) is 0 Å². The van der Waals surface area contributed by atoms with Gasteiger partial charge in [0.05, 0.1) is 4.88 Å². The molecule has 23 heavy (non-hydrogen) atoms. The van der Waals surface area contributed by atoms with Gasteiger partial charge in [-0.3, -0.25) is 0 Å². The Morgan fingerprint density at radius 3 is 2.48 bits per heavy atom. The Bertz CT molecular complexity index is 792. The van der Waals surface area contributed by atoms with Crippen molar-refractivity contribution in [2.75, 3.05) is 0 Å². The second-order valence-corrected chi connectivity index (χ2v) is 5.89. The van der Waals surface area contributed by atoms with Crippen molar-refractivity contribution in [1.82, 2.24) is 0 Å². The van der Waals surface area contributed by atoms with E-state index in [4.69, 9.17) is 4.74 Å². The fourth-order valence-electron chi connectivity index (χ4n) is 2.10. The van der Waals surface area contributed by atoms with Crippen LogP contribution in [0.5, 0.6) is 5.75 Å². The number of rotatable bonds is 6. The van der Waals surface area contributed by atoms with E-state index in [-0.39, 0.29) is 0 Å². The number of hydrogen-bond acceptors (Lipinski definition) is 4. The predicted octanol–water partition coefficient (Wildman–Crippen LogP) is 5.90. The standard InChI is InChI=1S/C19H15NO2S/c21-20-18-12-13-23-19(18)11-8-15-6-9-17(10-7-15)22-14-16-4-2-1-3-5-16/h1-13H,14H2/b11-8+. The summed E-state index contributed by atoms with van der Waals surface area (Å²) in [5, 5.41) is 4.86. The lowest BCUT2D eigenvalue weighted by molar-refractivity contribution is 0.306. The van der Waals surface area contributed by atoms with Crippen LogP contribution in [0.15, 0.2) is 71.2 Å². The highest BCUT2D eigenvalue weighted by Gasteiger charge is 2.00. The van der Waals surface area contributed by atoms with Crippen LogP contribution in [0.4, 0.5) is 5.69 Å². The van der Waals surface area contributed by atoms with Gasteiger partial charge in [0.25, 0.3) is 0 Å². The SMILES string of the molecule is O=Nc1ccsc1/C=C/c1ccc(OCc2ccccc2)cc1. The van der Waals surface area contributed by atoms with Gasteiger partial charge in [0.1, 0.15) is 18.0 Å². The van der Waals surface area contributed by atoms with Crippen LogP contribution in [0.3, 0.4) is 0 Å². The molecule has 1 aromatic heterocycles. The molecule has 0 aliphatic heterocycles. The van der Waals surface area contributed by atoms with Gasteiger partial charge in [-0.25, -0.2) is 0 Å². The fourth-order valence-corrected chi connectivity index (χ4v) is 2.82. The molecule has 0 atom stereocenters. The van der Waals surface area contributed by atoms with Crippen molar-refractivity contribution < 1.29 is 4.74 Å². The Balaban J connectivity index is 1.62. The molecule has 0 fully saturated rings. The van der Waals surface area contributed by atoms with Crippen molar-refractivity contribution >= 4 is 29.2 Å². The molecule has 1 heterocycles. The van der Waals surface area contributed by atoms with E-state index in [1.165, 1.54) is 11.3 Å². The molecule has 0 radical (unpaired) electrons. The summed E-state index contributed by atoms with van der Waals surface area (Å²) < 4.78 is 5.76. The van der Waals surface area contributed by atoms with E-state index in [1.807, 2.05) is 72.1 Å². The summed E-state index contributed by atoms with van der Waals surface area (Å²) in [4.78, 5) is 11.5. The average Bonchev–Trinajstić information content (AvgIpc) is 3.07. The predicted molar refractivity (Wildman–Crippen MR) is 95.9 cm³/mol. The largest absolute Gasteiger partial charge is 0.489 e. The van der Waals surface area contributed by atoms with Gasteiger partial charge in [0.2, 0.25) is 0 Å². The molecule has 0 spiro atoms. The summed E-state index contributed by atoms with van der Waals surface area (Å²) in [5.74, 6) is 0.831. The van der Waals surface area contributed by atoms with Crippen LogP contribution in [0.1, 0.15) is 16.0 Å². The third-order valence-corrected chi connectivity index (χ3v) is 4.20. The molecule has 0 saturated carbocycles. The lowest BCUT2D eigenvalue weighted by atomic mass is 10.2. The van der Waals surface area contributed by atoms with E-state index in [1.54, 1.807) is 6.07 Å². The van der Waals surface area contributed by atoms with Gasteiger partial charge in [0, 0.05) is 0 Å². The zero-order valence-electron chi connectivity index (χ0n) is 12.4. The maximum Gasteiger partial charge on any atom is 0.125 e. The zero-order chi connectivity index (χ0) is 15.9. The molecule has 2 aromatic carbocycles. The highest BCUT2D eigenvalue weighted by molar-refractivity contribution is 7.11. The topological polar surface area (TPSA) is 38.7 Å². The minimum Gasteiger partial charge on any atom is -0.489 e. The van der Waals surface area contributed by atoms with E-state index >= 15 is 0 Å². The quantitative estimate of drug-likeness (QED) is 0.530. The summed E-state index contributed by atoms with van der Waals surface area (Å²) >= 11 is 1.50. The highest BCUT2D eigenvalue weighted by Crippen LogP contribution is 2.27. The summed E-state index contributed by atoms with van der Waals surface area (Å²) in [6, 6.07) is 19.6. The molecule has 3 nitrogen and oxygen atoms in total. The number of ether oxygens (including phenoxy) is 1. The molecule has 4 heteroatoms. The molecule has 0 bridgehead atoms. The first kappa shape index (κ1) is 15.2. The van der Waals surface area contributed by atoms with E-state index in [2.05, 4.69) is 5.18 Å². The summed E-state index contributed by atoms with van der Waals surface area (Å²) in [7, 11) is 0. The number of nitrogens with zero attached hydrogens (tertiary/aromatic N) is 1. The van der Waals surface area contributed by atoms with Crippen LogP contribution in [-0.2, 0) is 6.61 Å². The third-order valence-electron chi connectivity index (χ3n) is 3.33. The minimum absolute atomic E-state index is 0.481. The van der Waals surface area contributed by atoms with Crippen LogP contribution in [0, 0.1) is 4.91 Å². The smallest absolute Gasteiger partial charge is 0.125 e. The first-order chi connectivity index (χ1) is 11.3. The van der Waals surface area contributed by atoms with Gasteiger partial charge in [-0.1, -0.05) is 48.5 Å². The number of nitroso groups, excluding NO2 is 1. The van der Waals surface area contributed by atoms with Crippen LogP contribution in [0.2, 0.25) is 0 Å². The highest BCUT2D eigenvalue weighted by atomic mass is 32.1. The lowest BCUT2D eigenvalue weighted by Crippen LogP contribution is -1.94. The van der Waals surface area contributed by atoms with Crippen molar-refractivity contribution in [2.24, 2.45) is 5.18 Å². The second kappa shape index (κ2) is 7.51. The lowest BCUT2D eigenvalue weighted by Gasteiger charge is -2.06. The van der Waals surface area contributed by atoms with Gasteiger partial charge in [-0.2, -0.15) is 0 Å². The van der Waals surface area contributed by atoms with Crippen molar-refractivity contribution in [3.8, 4) is 5.75 Å². The minimum atomic E-state index is 0.481. The molecular weight excluding hydrogens is 306 g/mol. The van der Waals surface area contributed by atoms with Crippen molar-refractivity contribution in [2.45, 2.75) is 6.61 Å².